The fourth-order valence-corrected chi connectivity index (χ4v) is 3.07. The Morgan fingerprint density at radius 3 is 2.70 bits per heavy atom. The van der Waals surface area contributed by atoms with Crippen LogP contribution in [0.5, 0.6) is 0 Å². The number of aromatic nitrogens is 2. The first-order valence-corrected chi connectivity index (χ1v) is 8.65. The highest BCUT2D eigenvalue weighted by Crippen LogP contribution is 2.18. The Morgan fingerprint density at radius 1 is 1.40 bits per heavy atom. The molecule has 1 aromatic heterocycles. The van der Waals surface area contributed by atoms with Crippen LogP contribution in [-0.4, -0.2) is 36.8 Å². The maximum atomic E-state index is 12.2. The smallest absolute Gasteiger partial charge is 0.243 e. The molecule has 2 N–H and O–H groups in total. The van der Waals surface area contributed by atoms with Gasteiger partial charge in [-0.05, 0) is 25.7 Å². The molecule has 1 saturated carbocycles. The van der Waals surface area contributed by atoms with Crippen molar-refractivity contribution in [1.29, 1.82) is 0 Å². The van der Waals surface area contributed by atoms with Crippen molar-refractivity contribution in [3.63, 3.8) is 0 Å². The van der Waals surface area contributed by atoms with Crippen LogP contribution in [-0.2, 0) is 16.6 Å². The van der Waals surface area contributed by atoms with Gasteiger partial charge in [0.05, 0.1) is 12.7 Å². The molecule has 1 unspecified atom stereocenters. The molecule has 1 aliphatic carbocycles. The van der Waals surface area contributed by atoms with Crippen molar-refractivity contribution in [2.24, 2.45) is 5.92 Å². The van der Waals surface area contributed by atoms with E-state index in [2.05, 4.69) is 15.1 Å². The Hall–Kier alpha value is -0.920. The predicted octanol–water partition coefficient (Wildman–Crippen LogP) is 0.958. The van der Waals surface area contributed by atoms with Gasteiger partial charge < -0.3 is 5.32 Å². The van der Waals surface area contributed by atoms with Crippen LogP contribution in [0.15, 0.2) is 17.3 Å². The van der Waals surface area contributed by atoms with Crippen molar-refractivity contribution in [3.8, 4) is 0 Å². The van der Waals surface area contributed by atoms with Crippen molar-refractivity contribution in [2.75, 3.05) is 6.54 Å². The van der Waals surface area contributed by atoms with E-state index in [9.17, 15) is 8.42 Å². The summed E-state index contributed by atoms with van der Waals surface area (Å²) in [6.07, 6.45) is 5.49. The maximum absolute atomic E-state index is 12.2. The first kappa shape index (κ1) is 15.5. The Labute approximate surface area is 121 Å². The lowest BCUT2D eigenvalue weighted by Gasteiger charge is -2.16. The highest BCUT2D eigenvalue weighted by molar-refractivity contribution is 7.89. The molecule has 0 spiro atoms. The van der Waals surface area contributed by atoms with E-state index in [1.807, 2.05) is 20.8 Å². The minimum absolute atomic E-state index is 0.0973. The summed E-state index contributed by atoms with van der Waals surface area (Å²) in [6, 6.07) is 0.558. The molecule has 1 aromatic rings. The molecule has 6 nitrogen and oxygen atoms in total. The van der Waals surface area contributed by atoms with Gasteiger partial charge in [0.2, 0.25) is 10.0 Å². The normalized spacial score (nSPS) is 17.6. The van der Waals surface area contributed by atoms with E-state index in [1.54, 1.807) is 10.9 Å². The highest BCUT2D eigenvalue weighted by Gasteiger charge is 2.22. The molecule has 1 aliphatic rings. The molecule has 0 aliphatic heterocycles. The van der Waals surface area contributed by atoms with Crippen LogP contribution in [0.4, 0.5) is 0 Å². The molecule has 1 atom stereocenters. The minimum Gasteiger partial charge on any atom is -0.312 e. The van der Waals surface area contributed by atoms with Crippen LogP contribution >= 0.6 is 0 Å². The Bertz CT molecular complexity index is 534. The van der Waals surface area contributed by atoms with Gasteiger partial charge in [-0.3, -0.25) is 4.68 Å². The average Bonchev–Trinajstić information content (AvgIpc) is 3.04. The number of hydrogen-bond donors (Lipinski definition) is 2. The van der Waals surface area contributed by atoms with Gasteiger partial charge in [-0.25, -0.2) is 13.1 Å². The molecule has 1 heterocycles. The fourth-order valence-electron chi connectivity index (χ4n) is 1.73. The average molecular weight is 300 g/mol. The second kappa shape index (κ2) is 6.24. The van der Waals surface area contributed by atoms with Crippen LogP contribution in [0.2, 0.25) is 0 Å². The molecule has 0 saturated heterocycles. The minimum atomic E-state index is -3.47. The van der Waals surface area contributed by atoms with E-state index < -0.39 is 10.0 Å². The zero-order chi connectivity index (χ0) is 14.8. The van der Waals surface area contributed by atoms with Crippen LogP contribution in [0, 0.1) is 5.92 Å². The molecule has 0 aromatic carbocycles. The lowest BCUT2D eigenvalue weighted by atomic mass is 10.1. The van der Waals surface area contributed by atoms with Gasteiger partial charge in [-0.2, -0.15) is 5.10 Å². The van der Waals surface area contributed by atoms with Crippen LogP contribution in [0.25, 0.3) is 0 Å². The zero-order valence-corrected chi connectivity index (χ0v) is 13.2. The van der Waals surface area contributed by atoms with E-state index in [-0.39, 0.29) is 16.9 Å². The van der Waals surface area contributed by atoms with Crippen molar-refractivity contribution in [2.45, 2.75) is 57.1 Å². The van der Waals surface area contributed by atoms with Gasteiger partial charge in [0.1, 0.15) is 4.90 Å². The number of nitrogens with one attached hydrogen (secondary N) is 2. The van der Waals surface area contributed by atoms with Gasteiger partial charge >= 0.3 is 0 Å². The summed E-state index contributed by atoms with van der Waals surface area (Å²) in [6.45, 7) is 7.35. The molecule has 7 heteroatoms. The lowest BCUT2D eigenvalue weighted by Crippen LogP contribution is -2.35. The summed E-state index contributed by atoms with van der Waals surface area (Å²) < 4.78 is 28.7. The second-order valence-corrected chi connectivity index (χ2v) is 7.54. The first-order valence-electron chi connectivity index (χ1n) is 7.16. The van der Waals surface area contributed by atoms with Crippen molar-refractivity contribution in [1.82, 2.24) is 19.8 Å². The third-order valence-corrected chi connectivity index (χ3v) is 5.13. The van der Waals surface area contributed by atoms with Crippen molar-refractivity contribution >= 4 is 10.0 Å². The van der Waals surface area contributed by atoms with Gasteiger partial charge in [0.15, 0.2) is 0 Å². The van der Waals surface area contributed by atoms with E-state index in [4.69, 9.17) is 0 Å². The van der Waals surface area contributed by atoms with Crippen molar-refractivity contribution in [3.05, 3.63) is 12.4 Å². The van der Waals surface area contributed by atoms with Gasteiger partial charge in [-0.15, -0.1) is 0 Å². The molecule has 2 rings (SSSR count). The quantitative estimate of drug-likeness (QED) is 0.750. The van der Waals surface area contributed by atoms with Crippen LogP contribution < -0.4 is 10.0 Å². The summed E-state index contributed by atoms with van der Waals surface area (Å²) in [4.78, 5) is 0.233. The van der Waals surface area contributed by atoms with Gasteiger partial charge in [0, 0.05) is 24.8 Å². The number of nitrogens with zero attached hydrogens (tertiary/aromatic N) is 2. The van der Waals surface area contributed by atoms with Gasteiger partial charge in [-0.1, -0.05) is 13.8 Å². The molecule has 0 radical (unpaired) electrons. The first-order chi connectivity index (χ1) is 9.38. The third kappa shape index (κ3) is 4.29. The largest absolute Gasteiger partial charge is 0.312 e. The van der Waals surface area contributed by atoms with E-state index in [1.165, 1.54) is 19.0 Å². The van der Waals surface area contributed by atoms with Crippen LogP contribution in [0.3, 0.4) is 0 Å². The molecule has 1 fully saturated rings. The Kier molecular flexibility index (Phi) is 4.82. The third-order valence-electron chi connectivity index (χ3n) is 3.61. The lowest BCUT2D eigenvalue weighted by molar-refractivity contribution is 0.476. The SMILES string of the molecule is CC(C)C(C)NS(=O)(=O)c1cnn(CCNC2CC2)c1. The Balaban J connectivity index is 1.92. The zero-order valence-electron chi connectivity index (χ0n) is 12.3. The molecule has 0 amide bonds. The maximum Gasteiger partial charge on any atom is 0.243 e. The monoisotopic (exact) mass is 300 g/mol. The summed E-state index contributed by atoms with van der Waals surface area (Å²) >= 11 is 0. The number of hydrogen-bond acceptors (Lipinski definition) is 4. The van der Waals surface area contributed by atoms with Gasteiger partial charge in [0.25, 0.3) is 0 Å². The van der Waals surface area contributed by atoms with Crippen molar-refractivity contribution < 1.29 is 8.42 Å². The highest BCUT2D eigenvalue weighted by atomic mass is 32.2. The van der Waals surface area contributed by atoms with E-state index in [0.29, 0.717) is 12.6 Å². The Morgan fingerprint density at radius 2 is 2.10 bits per heavy atom. The molecular formula is C13H24N4O2S. The molecular weight excluding hydrogens is 276 g/mol. The predicted molar refractivity (Wildman–Crippen MR) is 77.9 cm³/mol. The summed E-state index contributed by atoms with van der Waals surface area (Å²) in [5.41, 5.74) is 0. The summed E-state index contributed by atoms with van der Waals surface area (Å²) in [5, 5.41) is 7.48. The second-order valence-electron chi connectivity index (χ2n) is 5.82. The number of sulfonamides is 1. The topological polar surface area (TPSA) is 76.0 Å². The van der Waals surface area contributed by atoms with E-state index >= 15 is 0 Å². The van der Waals surface area contributed by atoms with Crippen LogP contribution in [0.1, 0.15) is 33.6 Å². The summed E-state index contributed by atoms with van der Waals surface area (Å²) in [7, 11) is -3.47. The molecule has 0 bridgehead atoms. The standard InChI is InChI=1S/C13H24N4O2S/c1-10(2)11(3)16-20(18,19)13-8-15-17(9-13)7-6-14-12-4-5-12/h8-12,14,16H,4-7H2,1-3H3. The molecule has 114 valence electrons. The number of rotatable bonds is 8. The fraction of sp³-hybridized carbons (Fsp3) is 0.769. The van der Waals surface area contributed by atoms with E-state index in [0.717, 1.165) is 6.54 Å². The molecule has 20 heavy (non-hydrogen) atoms. The summed E-state index contributed by atoms with van der Waals surface area (Å²) in [5.74, 6) is 0.252.